The maximum Gasteiger partial charge on any atom is 0.164 e. The lowest BCUT2D eigenvalue weighted by atomic mass is 9.96. The minimum Gasteiger partial charge on any atom is -0.454 e. The second kappa shape index (κ2) is 11.9. The van der Waals surface area contributed by atoms with Crippen LogP contribution in [0.2, 0.25) is 0 Å². The molecule has 0 unspecified atom stereocenters. The molecule has 0 aliphatic heterocycles. The van der Waals surface area contributed by atoms with Crippen LogP contribution in [-0.2, 0) is 0 Å². The van der Waals surface area contributed by atoms with Gasteiger partial charge in [-0.3, -0.25) is 0 Å². The summed E-state index contributed by atoms with van der Waals surface area (Å²) < 4.78 is 9.25. The van der Waals surface area contributed by atoms with Crippen LogP contribution < -0.4 is 0 Å². The molecule has 12 aromatic rings. The summed E-state index contributed by atoms with van der Waals surface area (Å²) in [7, 11) is 0. The average molecular weight is 715 g/mol. The lowest BCUT2D eigenvalue weighted by Gasteiger charge is -2.14. The van der Waals surface area contributed by atoms with E-state index in [1.807, 2.05) is 30.3 Å². The van der Waals surface area contributed by atoms with E-state index in [0.717, 1.165) is 71.5 Å². The third kappa shape index (κ3) is 4.58. The van der Waals surface area contributed by atoms with Crippen molar-refractivity contribution in [3.8, 4) is 39.9 Å². The molecule has 5 nitrogen and oxygen atoms in total. The molecule has 9 aromatic carbocycles. The molecule has 0 fully saturated rings. The SMILES string of the molecule is c1ccc(-c2nc(-c3cc4ccccc4c4ccccc34)nc(-c3ccc(-n4c5ccccc5c5cc6ccccc6cc54)c4oc5ccccc5c34)n2)cc1. The predicted octanol–water partition coefficient (Wildman–Crippen LogP) is 13.3. The number of benzene rings is 9. The highest BCUT2D eigenvalue weighted by molar-refractivity contribution is 6.18. The van der Waals surface area contributed by atoms with Crippen molar-refractivity contribution in [2.75, 3.05) is 0 Å². The van der Waals surface area contributed by atoms with Gasteiger partial charge in [0.2, 0.25) is 0 Å². The van der Waals surface area contributed by atoms with Gasteiger partial charge in [0, 0.05) is 38.2 Å². The molecule has 0 aliphatic carbocycles. The molecule has 12 rings (SSSR count). The molecule has 3 aromatic heterocycles. The summed E-state index contributed by atoms with van der Waals surface area (Å²) >= 11 is 0. The van der Waals surface area contributed by atoms with Crippen molar-refractivity contribution in [1.82, 2.24) is 19.5 Å². The maximum absolute atomic E-state index is 6.90. The number of hydrogen-bond acceptors (Lipinski definition) is 4. The highest BCUT2D eigenvalue weighted by Crippen LogP contribution is 2.43. The van der Waals surface area contributed by atoms with Crippen molar-refractivity contribution >= 4 is 76.1 Å². The van der Waals surface area contributed by atoms with E-state index in [4.69, 9.17) is 19.4 Å². The third-order valence-electron chi connectivity index (χ3n) is 11.2. The molecule has 0 bridgehead atoms. The van der Waals surface area contributed by atoms with E-state index in [-0.39, 0.29) is 0 Å². The molecule has 3 heterocycles. The molecule has 5 heteroatoms. The standard InChI is InChI=1S/C51H30N4O/c1-2-14-31(15-3-1)49-52-50(54-51(53-49)42-29-34-18-6-7-19-35(34)36-20-8-9-21-37(36)42)40-26-27-44(48-47(40)39-23-11-13-25-46(39)56-48)55-43-24-12-10-22-38(43)41-28-32-16-4-5-17-33(32)30-45(41)55/h1-30H. The van der Waals surface area contributed by atoms with Crippen LogP contribution in [0.4, 0.5) is 0 Å². The number of rotatable bonds is 4. The Labute approximate surface area is 320 Å². The minimum atomic E-state index is 0.586. The summed E-state index contributed by atoms with van der Waals surface area (Å²) in [6.45, 7) is 0. The van der Waals surface area contributed by atoms with Crippen molar-refractivity contribution in [2.24, 2.45) is 0 Å². The van der Waals surface area contributed by atoms with Gasteiger partial charge < -0.3 is 8.98 Å². The van der Waals surface area contributed by atoms with E-state index in [0.29, 0.717) is 17.5 Å². The fraction of sp³-hybridized carbons (Fsp3) is 0. The monoisotopic (exact) mass is 714 g/mol. The fourth-order valence-electron chi connectivity index (χ4n) is 8.66. The molecular weight excluding hydrogens is 685 g/mol. The van der Waals surface area contributed by atoms with Gasteiger partial charge >= 0.3 is 0 Å². The zero-order valence-electron chi connectivity index (χ0n) is 30.0. The fourth-order valence-corrected chi connectivity index (χ4v) is 8.66. The number of nitrogens with zero attached hydrogens (tertiary/aromatic N) is 4. The molecule has 0 atom stereocenters. The van der Waals surface area contributed by atoms with Crippen molar-refractivity contribution in [2.45, 2.75) is 0 Å². The Morgan fingerprint density at radius 1 is 0.375 bits per heavy atom. The molecule has 0 amide bonds. The smallest absolute Gasteiger partial charge is 0.164 e. The molecular formula is C51H30N4O. The largest absolute Gasteiger partial charge is 0.454 e. The van der Waals surface area contributed by atoms with Crippen LogP contribution in [0.15, 0.2) is 186 Å². The first-order valence-corrected chi connectivity index (χ1v) is 18.9. The highest BCUT2D eigenvalue weighted by Gasteiger charge is 2.23. The van der Waals surface area contributed by atoms with Gasteiger partial charge in [-0.1, -0.05) is 140 Å². The molecule has 260 valence electrons. The van der Waals surface area contributed by atoms with Gasteiger partial charge in [-0.2, -0.15) is 0 Å². The predicted molar refractivity (Wildman–Crippen MR) is 230 cm³/mol. The van der Waals surface area contributed by atoms with Crippen molar-refractivity contribution in [1.29, 1.82) is 0 Å². The van der Waals surface area contributed by atoms with Gasteiger partial charge in [0.15, 0.2) is 23.1 Å². The molecule has 0 N–H and O–H groups in total. The van der Waals surface area contributed by atoms with E-state index in [1.54, 1.807) is 0 Å². The minimum absolute atomic E-state index is 0.586. The van der Waals surface area contributed by atoms with Crippen LogP contribution in [-0.4, -0.2) is 19.5 Å². The number of para-hydroxylation sites is 2. The summed E-state index contributed by atoms with van der Waals surface area (Å²) in [6, 6.07) is 63.8. The lowest BCUT2D eigenvalue weighted by Crippen LogP contribution is -2.02. The van der Waals surface area contributed by atoms with Gasteiger partial charge in [-0.25, -0.2) is 15.0 Å². The topological polar surface area (TPSA) is 56.7 Å². The number of fused-ring (bicyclic) bond motifs is 10. The van der Waals surface area contributed by atoms with Crippen LogP contribution >= 0.6 is 0 Å². The van der Waals surface area contributed by atoms with Gasteiger partial charge in [0.1, 0.15) is 5.58 Å². The van der Waals surface area contributed by atoms with Crippen LogP contribution in [0.3, 0.4) is 0 Å². The summed E-state index contributed by atoms with van der Waals surface area (Å²) in [4.78, 5) is 15.8. The summed E-state index contributed by atoms with van der Waals surface area (Å²) in [5.41, 5.74) is 7.54. The molecule has 0 saturated carbocycles. The van der Waals surface area contributed by atoms with Crippen LogP contribution in [0.25, 0.3) is 116 Å². The Morgan fingerprint density at radius 3 is 1.80 bits per heavy atom. The Balaban J connectivity index is 1.17. The molecule has 0 spiro atoms. The van der Waals surface area contributed by atoms with Crippen molar-refractivity contribution in [3.63, 3.8) is 0 Å². The first-order valence-electron chi connectivity index (χ1n) is 18.9. The second-order valence-corrected chi connectivity index (χ2v) is 14.4. The first-order chi connectivity index (χ1) is 27.8. The summed E-state index contributed by atoms with van der Waals surface area (Å²) in [5.74, 6) is 1.82. The summed E-state index contributed by atoms with van der Waals surface area (Å²) in [5, 5.41) is 11.4. The first kappa shape index (κ1) is 30.8. The Bertz CT molecular complexity index is 3540. The lowest BCUT2D eigenvalue weighted by molar-refractivity contribution is 0.666. The van der Waals surface area contributed by atoms with E-state index in [2.05, 4.69) is 156 Å². The normalized spacial score (nSPS) is 11.9. The molecule has 0 aliphatic rings. The maximum atomic E-state index is 6.90. The van der Waals surface area contributed by atoms with Crippen molar-refractivity contribution < 1.29 is 4.42 Å². The van der Waals surface area contributed by atoms with Gasteiger partial charge in [-0.15, -0.1) is 0 Å². The Kier molecular flexibility index (Phi) is 6.56. The molecule has 56 heavy (non-hydrogen) atoms. The van der Waals surface area contributed by atoms with E-state index >= 15 is 0 Å². The summed E-state index contributed by atoms with van der Waals surface area (Å²) in [6.07, 6.45) is 0. The van der Waals surface area contributed by atoms with Gasteiger partial charge in [-0.05, 0) is 74.8 Å². The third-order valence-corrected chi connectivity index (χ3v) is 11.2. The van der Waals surface area contributed by atoms with Crippen molar-refractivity contribution in [3.05, 3.63) is 182 Å². The number of hydrogen-bond donors (Lipinski definition) is 0. The highest BCUT2D eigenvalue weighted by atomic mass is 16.3. The van der Waals surface area contributed by atoms with Gasteiger partial charge in [0.05, 0.1) is 16.7 Å². The average Bonchev–Trinajstić information content (AvgIpc) is 3.81. The second-order valence-electron chi connectivity index (χ2n) is 14.4. The molecule has 0 saturated heterocycles. The van der Waals surface area contributed by atoms with Crippen LogP contribution in [0.5, 0.6) is 0 Å². The van der Waals surface area contributed by atoms with E-state index in [1.165, 1.54) is 26.9 Å². The quantitative estimate of drug-likeness (QED) is 0.170. The van der Waals surface area contributed by atoms with Crippen LogP contribution in [0.1, 0.15) is 0 Å². The Hall–Kier alpha value is -7.63. The van der Waals surface area contributed by atoms with E-state index in [9.17, 15) is 0 Å². The van der Waals surface area contributed by atoms with Crippen LogP contribution in [0, 0.1) is 0 Å². The van der Waals surface area contributed by atoms with Gasteiger partial charge in [0.25, 0.3) is 0 Å². The number of furan rings is 1. The zero-order valence-corrected chi connectivity index (χ0v) is 30.0. The zero-order chi connectivity index (χ0) is 36.7. The van der Waals surface area contributed by atoms with E-state index < -0.39 is 0 Å². The Morgan fingerprint density at radius 2 is 0.982 bits per heavy atom. The molecule has 0 radical (unpaired) electrons. The number of aromatic nitrogens is 4.